The Balaban J connectivity index is 1.72. The molecule has 0 bridgehead atoms. The maximum absolute atomic E-state index is 12.4. The van der Waals surface area contributed by atoms with Gasteiger partial charge in [-0.1, -0.05) is 19.0 Å². The Labute approximate surface area is 146 Å². The average molecular weight is 342 g/mol. The lowest BCUT2D eigenvalue weighted by atomic mass is 10.2. The van der Waals surface area contributed by atoms with E-state index in [0.717, 1.165) is 22.5 Å². The zero-order valence-corrected chi connectivity index (χ0v) is 15.1. The number of hydrogen-bond donors (Lipinski definition) is 1. The van der Waals surface area contributed by atoms with Gasteiger partial charge in [-0.25, -0.2) is 9.78 Å². The predicted octanol–water partition coefficient (Wildman–Crippen LogP) is 4.22. The van der Waals surface area contributed by atoms with E-state index in [1.807, 2.05) is 39.8 Å². The minimum absolute atomic E-state index is 0.214. The van der Waals surface area contributed by atoms with Crippen molar-refractivity contribution in [3.8, 4) is 0 Å². The number of hydrogen-bond acceptors (Lipinski definition) is 5. The van der Waals surface area contributed by atoms with Crippen LogP contribution in [0.15, 0.2) is 27.1 Å². The van der Waals surface area contributed by atoms with Crippen molar-refractivity contribution in [1.82, 2.24) is 15.0 Å². The Bertz CT molecular complexity index is 891. The number of nitrogens with one attached hydrogen (secondary N) is 1. The lowest BCUT2D eigenvalue weighted by Gasteiger charge is -2.17. The van der Waals surface area contributed by atoms with Gasteiger partial charge in [0.15, 0.2) is 11.5 Å². The molecule has 0 saturated heterocycles. The third-order valence-electron chi connectivity index (χ3n) is 4.07. The summed E-state index contributed by atoms with van der Waals surface area (Å²) in [6.07, 6.45) is 0. The van der Waals surface area contributed by atoms with Gasteiger partial charge in [-0.2, -0.15) is 0 Å². The van der Waals surface area contributed by atoms with Gasteiger partial charge < -0.3 is 19.2 Å². The van der Waals surface area contributed by atoms with Gasteiger partial charge in [0.1, 0.15) is 11.3 Å². The van der Waals surface area contributed by atoms with Crippen molar-refractivity contribution in [1.29, 1.82) is 0 Å². The number of carbonyl (C=O) groups excluding carboxylic acids is 1. The fourth-order valence-electron chi connectivity index (χ4n) is 2.53. The summed E-state index contributed by atoms with van der Waals surface area (Å²) >= 11 is 0. The van der Waals surface area contributed by atoms with Gasteiger partial charge in [0.05, 0.1) is 12.2 Å². The molecule has 2 heterocycles. The Morgan fingerprint density at radius 2 is 2.08 bits per heavy atom. The van der Waals surface area contributed by atoms with E-state index in [-0.39, 0.29) is 11.9 Å². The molecule has 3 rings (SSSR count). The number of benzene rings is 1. The molecule has 7 heteroatoms. The molecule has 1 aromatic carbocycles. The van der Waals surface area contributed by atoms with Crippen LogP contribution in [0.4, 0.5) is 10.5 Å². The summed E-state index contributed by atoms with van der Waals surface area (Å²) in [4.78, 5) is 18.5. The second kappa shape index (κ2) is 6.58. The van der Waals surface area contributed by atoms with Crippen LogP contribution in [0.2, 0.25) is 0 Å². The van der Waals surface area contributed by atoms with Gasteiger partial charge in [-0.05, 0) is 32.0 Å². The average Bonchev–Trinajstić information content (AvgIpc) is 3.12. The molecule has 0 aliphatic heterocycles. The topological polar surface area (TPSA) is 84.4 Å². The number of aryl methyl sites for hydroxylation is 2. The van der Waals surface area contributed by atoms with Crippen LogP contribution in [0.25, 0.3) is 11.1 Å². The van der Waals surface area contributed by atoms with E-state index < -0.39 is 0 Å². The van der Waals surface area contributed by atoms with Crippen molar-refractivity contribution < 1.29 is 13.7 Å². The van der Waals surface area contributed by atoms with Crippen molar-refractivity contribution in [2.45, 2.75) is 40.2 Å². The SMILES string of the molecule is Cc1noc(C)c1CN(C)C(=O)Nc1ccc2oc(C(C)C)nc2c1. The van der Waals surface area contributed by atoms with E-state index in [2.05, 4.69) is 15.5 Å². The molecular weight excluding hydrogens is 320 g/mol. The van der Waals surface area contributed by atoms with Crippen LogP contribution in [0, 0.1) is 13.8 Å². The second-order valence-electron chi connectivity index (χ2n) is 6.48. The summed E-state index contributed by atoms with van der Waals surface area (Å²) in [6.45, 7) is 8.18. The quantitative estimate of drug-likeness (QED) is 0.767. The molecule has 2 amide bonds. The molecule has 0 unspecified atom stereocenters. The van der Waals surface area contributed by atoms with Crippen LogP contribution in [-0.4, -0.2) is 28.1 Å². The summed E-state index contributed by atoms with van der Waals surface area (Å²) < 4.78 is 10.8. The maximum Gasteiger partial charge on any atom is 0.321 e. The molecule has 132 valence electrons. The van der Waals surface area contributed by atoms with E-state index >= 15 is 0 Å². The minimum Gasteiger partial charge on any atom is -0.440 e. The molecule has 0 spiro atoms. The highest BCUT2D eigenvalue weighted by Gasteiger charge is 2.16. The predicted molar refractivity (Wildman–Crippen MR) is 94.6 cm³/mol. The van der Waals surface area contributed by atoms with Crippen molar-refractivity contribution in [3.63, 3.8) is 0 Å². The number of fused-ring (bicyclic) bond motifs is 1. The molecule has 2 aromatic heterocycles. The molecular formula is C18H22N4O3. The van der Waals surface area contributed by atoms with Crippen molar-refractivity contribution in [3.05, 3.63) is 41.1 Å². The summed E-state index contributed by atoms with van der Waals surface area (Å²) in [6, 6.07) is 5.22. The minimum atomic E-state index is -0.216. The monoisotopic (exact) mass is 342 g/mol. The number of nitrogens with zero attached hydrogens (tertiary/aromatic N) is 3. The van der Waals surface area contributed by atoms with E-state index in [4.69, 9.17) is 8.94 Å². The molecule has 0 aliphatic carbocycles. The van der Waals surface area contributed by atoms with Crippen LogP contribution in [0.5, 0.6) is 0 Å². The fourth-order valence-corrected chi connectivity index (χ4v) is 2.53. The molecule has 0 atom stereocenters. The summed E-state index contributed by atoms with van der Waals surface area (Å²) in [7, 11) is 1.73. The highest BCUT2D eigenvalue weighted by molar-refractivity contribution is 5.91. The van der Waals surface area contributed by atoms with Gasteiger partial charge in [0.2, 0.25) is 0 Å². The molecule has 0 saturated carbocycles. The van der Waals surface area contributed by atoms with E-state index in [9.17, 15) is 4.79 Å². The van der Waals surface area contributed by atoms with Crippen LogP contribution < -0.4 is 5.32 Å². The number of carbonyl (C=O) groups is 1. The van der Waals surface area contributed by atoms with Crippen LogP contribution >= 0.6 is 0 Å². The first-order valence-corrected chi connectivity index (χ1v) is 8.19. The Kier molecular flexibility index (Phi) is 4.48. The first-order chi connectivity index (χ1) is 11.8. The van der Waals surface area contributed by atoms with Crippen molar-refractivity contribution >= 4 is 22.8 Å². The standard InChI is InChI=1S/C18H22N4O3/c1-10(2)17-20-15-8-13(6-7-16(15)24-17)19-18(23)22(5)9-14-11(3)21-25-12(14)4/h6-8,10H,9H2,1-5H3,(H,19,23). The van der Waals surface area contributed by atoms with Gasteiger partial charge in [-0.15, -0.1) is 0 Å². The highest BCUT2D eigenvalue weighted by atomic mass is 16.5. The molecule has 3 aromatic rings. The summed E-state index contributed by atoms with van der Waals surface area (Å²) in [5, 5.41) is 6.79. The third-order valence-corrected chi connectivity index (χ3v) is 4.07. The molecule has 25 heavy (non-hydrogen) atoms. The van der Waals surface area contributed by atoms with Gasteiger partial charge in [0.25, 0.3) is 0 Å². The Hall–Kier alpha value is -2.83. The fraction of sp³-hybridized carbons (Fsp3) is 0.389. The molecule has 0 fully saturated rings. The summed E-state index contributed by atoms with van der Waals surface area (Å²) in [5.41, 5.74) is 3.83. The number of urea groups is 1. The molecule has 0 aliphatic rings. The smallest absolute Gasteiger partial charge is 0.321 e. The summed E-state index contributed by atoms with van der Waals surface area (Å²) in [5.74, 6) is 1.63. The maximum atomic E-state index is 12.4. The molecule has 0 radical (unpaired) electrons. The van der Waals surface area contributed by atoms with Gasteiger partial charge >= 0.3 is 6.03 Å². The molecule has 7 nitrogen and oxygen atoms in total. The zero-order valence-electron chi connectivity index (χ0n) is 15.1. The van der Waals surface area contributed by atoms with Crippen molar-refractivity contribution in [2.75, 3.05) is 12.4 Å². The largest absolute Gasteiger partial charge is 0.440 e. The van der Waals surface area contributed by atoms with E-state index in [1.165, 1.54) is 0 Å². The number of anilines is 1. The van der Waals surface area contributed by atoms with Gasteiger partial charge in [-0.3, -0.25) is 0 Å². The first kappa shape index (κ1) is 17.0. The van der Waals surface area contributed by atoms with Crippen LogP contribution in [0.1, 0.15) is 42.7 Å². The van der Waals surface area contributed by atoms with Crippen LogP contribution in [0.3, 0.4) is 0 Å². The highest BCUT2D eigenvalue weighted by Crippen LogP contribution is 2.24. The number of amides is 2. The number of oxazole rings is 1. The van der Waals surface area contributed by atoms with E-state index in [1.54, 1.807) is 18.0 Å². The number of rotatable bonds is 4. The molecule has 1 N–H and O–H groups in total. The normalized spacial score (nSPS) is 11.3. The Morgan fingerprint density at radius 1 is 1.32 bits per heavy atom. The Morgan fingerprint density at radius 3 is 2.72 bits per heavy atom. The third kappa shape index (κ3) is 3.50. The second-order valence-corrected chi connectivity index (χ2v) is 6.48. The number of aromatic nitrogens is 2. The lowest BCUT2D eigenvalue weighted by Crippen LogP contribution is -2.31. The van der Waals surface area contributed by atoms with E-state index in [0.29, 0.717) is 23.7 Å². The first-order valence-electron chi connectivity index (χ1n) is 8.19. The van der Waals surface area contributed by atoms with Crippen molar-refractivity contribution in [2.24, 2.45) is 0 Å². The van der Waals surface area contributed by atoms with Gasteiger partial charge in [0, 0.05) is 24.2 Å². The van der Waals surface area contributed by atoms with Crippen LogP contribution in [-0.2, 0) is 6.54 Å². The lowest BCUT2D eigenvalue weighted by molar-refractivity contribution is 0.220. The zero-order chi connectivity index (χ0) is 18.1.